The molecule has 0 spiro atoms. The van der Waals surface area contributed by atoms with Crippen molar-refractivity contribution in [3.63, 3.8) is 0 Å². The molecule has 1 fully saturated rings. The molecule has 0 aromatic rings. The summed E-state index contributed by atoms with van der Waals surface area (Å²) in [7, 11) is 0. The Balaban J connectivity index is 0.00000225. The van der Waals surface area contributed by atoms with Gasteiger partial charge in [-0.25, -0.2) is 0 Å². The second kappa shape index (κ2) is 7.13. The van der Waals surface area contributed by atoms with Crippen LogP contribution in [-0.4, -0.2) is 29.9 Å². The smallest absolute Gasteiger partial charge is 0.239 e. The van der Waals surface area contributed by atoms with Crippen molar-refractivity contribution in [2.24, 2.45) is 17.6 Å². The first kappa shape index (κ1) is 15.7. The third-order valence-electron chi connectivity index (χ3n) is 3.51. The van der Waals surface area contributed by atoms with E-state index in [0.29, 0.717) is 0 Å². The van der Waals surface area contributed by atoms with Crippen LogP contribution in [0, 0.1) is 11.8 Å². The topological polar surface area (TPSA) is 46.3 Å². The van der Waals surface area contributed by atoms with Crippen molar-refractivity contribution >= 4 is 18.3 Å². The molecule has 2 N–H and O–H groups in total. The lowest BCUT2D eigenvalue weighted by molar-refractivity contribution is -0.135. The molecule has 0 aliphatic carbocycles. The number of nitrogens with two attached hydrogens (primary N) is 1. The number of hydrogen-bond donors (Lipinski definition) is 1. The number of piperidine rings is 1. The maximum Gasteiger partial charge on any atom is 0.239 e. The Labute approximate surface area is 105 Å². The molecule has 0 aromatic heterocycles. The van der Waals surface area contributed by atoms with Gasteiger partial charge in [0.2, 0.25) is 5.91 Å². The van der Waals surface area contributed by atoms with Crippen molar-refractivity contribution in [2.45, 2.75) is 46.1 Å². The summed E-state index contributed by atoms with van der Waals surface area (Å²) in [5.74, 6) is 1.19. The predicted octanol–water partition coefficient (Wildman–Crippen LogP) is 2.04. The van der Waals surface area contributed by atoms with Crippen molar-refractivity contribution in [2.75, 3.05) is 13.1 Å². The lowest BCUT2D eigenvalue weighted by Crippen LogP contribution is -2.49. The molecule has 1 saturated heterocycles. The van der Waals surface area contributed by atoms with Crippen LogP contribution in [-0.2, 0) is 4.79 Å². The Morgan fingerprint density at radius 1 is 1.38 bits per heavy atom. The molecule has 0 radical (unpaired) electrons. The Morgan fingerprint density at radius 2 is 1.88 bits per heavy atom. The van der Waals surface area contributed by atoms with Crippen LogP contribution in [0.1, 0.15) is 40.0 Å². The van der Waals surface area contributed by atoms with Crippen LogP contribution in [0.3, 0.4) is 0 Å². The number of halogens is 1. The summed E-state index contributed by atoms with van der Waals surface area (Å²) in [4.78, 5) is 13.9. The first-order valence-electron chi connectivity index (χ1n) is 6.10. The first-order chi connectivity index (χ1) is 7.06. The van der Waals surface area contributed by atoms with E-state index in [2.05, 4.69) is 6.92 Å². The number of carbonyl (C=O) groups excluding carboxylic acids is 1. The van der Waals surface area contributed by atoms with E-state index in [9.17, 15) is 4.79 Å². The fourth-order valence-corrected chi connectivity index (χ4v) is 2.06. The summed E-state index contributed by atoms with van der Waals surface area (Å²) in [5, 5.41) is 0. The maximum absolute atomic E-state index is 11.9. The zero-order valence-corrected chi connectivity index (χ0v) is 11.4. The lowest BCUT2D eigenvalue weighted by Gasteiger charge is -2.33. The van der Waals surface area contributed by atoms with Crippen LogP contribution in [0.25, 0.3) is 0 Å². The Kier molecular flexibility index (Phi) is 7.00. The molecule has 0 bridgehead atoms. The van der Waals surface area contributed by atoms with Crippen molar-refractivity contribution in [3.8, 4) is 0 Å². The van der Waals surface area contributed by atoms with Gasteiger partial charge in [0.05, 0.1) is 6.04 Å². The van der Waals surface area contributed by atoms with Crippen molar-refractivity contribution < 1.29 is 4.79 Å². The summed E-state index contributed by atoms with van der Waals surface area (Å²) >= 11 is 0. The van der Waals surface area contributed by atoms with Gasteiger partial charge in [0, 0.05) is 13.1 Å². The average molecular weight is 249 g/mol. The first-order valence-corrected chi connectivity index (χ1v) is 6.10. The molecule has 1 atom stereocenters. The third kappa shape index (κ3) is 3.95. The molecule has 96 valence electrons. The highest BCUT2D eigenvalue weighted by molar-refractivity contribution is 5.85. The molecule has 1 aliphatic heterocycles. The van der Waals surface area contributed by atoms with Crippen LogP contribution in [0.5, 0.6) is 0 Å². The van der Waals surface area contributed by atoms with Gasteiger partial charge in [-0.2, -0.15) is 0 Å². The van der Waals surface area contributed by atoms with E-state index in [1.54, 1.807) is 0 Å². The molecule has 0 saturated carbocycles. The van der Waals surface area contributed by atoms with E-state index in [-0.39, 0.29) is 30.3 Å². The number of hydrogen-bond acceptors (Lipinski definition) is 2. The van der Waals surface area contributed by atoms with Gasteiger partial charge in [-0.1, -0.05) is 27.2 Å². The average Bonchev–Trinajstić information content (AvgIpc) is 2.27. The van der Waals surface area contributed by atoms with Crippen molar-refractivity contribution in [1.82, 2.24) is 4.90 Å². The van der Waals surface area contributed by atoms with Gasteiger partial charge in [-0.15, -0.1) is 12.4 Å². The fourth-order valence-electron chi connectivity index (χ4n) is 2.06. The van der Waals surface area contributed by atoms with E-state index in [1.807, 2.05) is 18.7 Å². The van der Waals surface area contributed by atoms with Crippen LogP contribution < -0.4 is 5.73 Å². The summed E-state index contributed by atoms with van der Waals surface area (Å²) in [5.41, 5.74) is 5.87. The van der Waals surface area contributed by atoms with Gasteiger partial charge in [-0.05, 0) is 24.7 Å². The highest BCUT2D eigenvalue weighted by Gasteiger charge is 2.26. The van der Waals surface area contributed by atoms with Gasteiger partial charge >= 0.3 is 0 Å². The molecular formula is C12H25ClN2O. The second-order valence-electron chi connectivity index (χ2n) is 4.95. The van der Waals surface area contributed by atoms with E-state index in [1.165, 1.54) is 6.42 Å². The molecule has 0 aromatic carbocycles. The molecule has 4 heteroatoms. The summed E-state index contributed by atoms with van der Waals surface area (Å²) in [6, 6.07) is -0.317. The lowest BCUT2D eigenvalue weighted by atomic mass is 9.93. The highest BCUT2D eigenvalue weighted by Crippen LogP contribution is 2.20. The molecule has 1 aliphatic rings. The van der Waals surface area contributed by atoms with Gasteiger partial charge in [0.1, 0.15) is 0 Å². The quantitative estimate of drug-likeness (QED) is 0.831. The third-order valence-corrected chi connectivity index (χ3v) is 3.51. The molecule has 0 unspecified atom stereocenters. The van der Waals surface area contributed by atoms with Gasteiger partial charge in [0.25, 0.3) is 0 Å². The molecule has 16 heavy (non-hydrogen) atoms. The van der Waals surface area contributed by atoms with E-state index < -0.39 is 0 Å². The SMILES string of the molecule is CCC1CCN(C(=O)[C@@H](N)C(C)C)CC1.Cl. The number of carbonyl (C=O) groups is 1. The summed E-state index contributed by atoms with van der Waals surface area (Å²) < 4.78 is 0. The Morgan fingerprint density at radius 3 is 2.25 bits per heavy atom. The standard InChI is InChI=1S/C12H24N2O.ClH/c1-4-10-5-7-14(8-6-10)12(15)11(13)9(2)3;/h9-11H,4-8,13H2,1-3H3;1H/t11-;/m0./s1. The van der Waals surface area contributed by atoms with Crippen LogP contribution in [0.4, 0.5) is 0 Å². The monoisotopic (exact) mass is 248 g/mol. The zero-order valence-electron chi connectivity index (χ0n) is 10.6. The minimum Gasteiger partial charge on any atom is -0.341 e. The number of likely N-dealkylation sites (tertiary alicyclic amines) is 1. The van der Waals surface area contributed by atoms with Crippen molar-refractivity contribution in [3.05, 3.63) is 0 Å². The minimum atomic E-state index is -0.317. The second-order valence-corrected chi connectivity index (χ2v) is 4.95. The van der Waals surface area contributed by atoms with Crippen LogP contribution in [0.15, 0.2) is 0 Å². The Bertz CT molecular complexity index is 213. The zero-order chi connectivity index (χ0) is 11.4. The Hall–Kier alpha value is -0.280. The number of nitrogens with zero attached hydrogens (tertiary/aromatic N) is 1. The van der Waals surface area contributed by atoms with E-state index in [0.717, 1.165) is 31.8 Å². The van der Waals surface area contributed by atoms with Crippen LogP contribution >= 0.6 is 12.4 Å². The molecule has 1 heterocycles. The molecule has 3 nitrogen and oxygen atoms in total. The molecule has 1 amide bonds. The normalized spacial score (nSPS) is 19.4. The number of rotatable bonds is 3. The fraction of sp³-hybridized carbons (Fsp3) is 0.917. The number of amides is 1. The van der Waals surface area contributed by atoms with Gasteiger partial charge in [0.15, 0.2) is 0 Å². The van der Waals surface area contributed by atoms with Crippen molar-refractivity contribution in [1.29, 1.82) is 0 Å². The van der Waals surface area contributed by atoms with Gasteiger partial charge < -0.3 is 10.6 Å². The maximum atomic E-state index is 11.9. The van der Waals surface area contributed by atoms with E-state index in [4.69, 9.17) is 5.73 Å². The molecular weight excluding hydrogens is 224 g/mol. The minimum absolute atomic E-state index is 0. The summed E-state index contributed by atoms with van der Waals surface area (Å²) in [6.07, 6.45) is 3.53. The molecule has 1 rings (SSSR count). The van der Waals surface area contributed by atoms with Gasteiger partial charge in [-0.3, -0.25) is 4.79 Å². The predicted molar refractivity (Wildman–Crippen MR) is 69.7 cm³/mol. The highest BCUT2D eigenvalue weighted by atomic mass is 35.5. The van der Waals surface area contributed by atoms with E-state index >= 15 is 0 Å². The summed E-state index contributed by atoms with van der Waals surface area (Å²) in [6.45, 7) is 8.03. The van der Waals surface area contributed by atoms with Crippen LogP contribution in [0.2, 0.25) is 0 Å². The largest absolute Gasteiger partial charge is 0.341 e.